The topological polar surface area (TPSA) is 74.3 Å². The summed E-state index contributed by atoms with van der Waals surface area (Å²) in [6.07, 6.45) is 4.30. The summed E-state index contributed by atoms with van der Waals surface area (Å²) in [6.45, 7) is 17.2. The predicted molar refractivity (Wildman–Crippen MR) is 153 cm³/mol. The lowest BCUT2D eigenvalue weighted by atomic mass is 9.91. The normalized spacial score (nSPS) is 18.6. The molecule has 0 saturated heterocycles. The van der Waals surface area contributed by atoms with Crippen LogP contribution in [0.5, 0.6) is 11.5 Å². The molecule has 1 aliphatic carbocycles. The van der Waals surface area contributed by atoms with Gasteiger partial charge in [0.1, 0.15) is 11.7 Å². The molecule has 37 heavy (non-hydrogen) atoms. The van der Waals surface area contributed by atoms with Crippen LogP contribution in [-0.4, -0.2) is 64.1 Å². The van der Waals surface area contributed by atoms with Crippen molar-refractivity contribution in [3.8, 4) is 11.5 Å². The first-order valence-electron chi connectivity index (χ1n) is 12.8. The Bertz CT molecular complexity index is 996. The first kappa shape index (κ1) is 31.4. The Balaban J connectivity index is 2.40. The fraction of sp³-hybridized carbons (Fsp3) is 0.643. The number of hydrogen-bond donors (Lipinski definition) is 0. The minimum absolute atomic E-state index is 0.0332. The molecule has 2 atom stereocenters. The molecule has 0 aliphatic heterocycles. The lowest BCUT2D eigenvalue weighted by molar-refractivity contribution is 0.0285. The number of halogens is 1. The molecule has 0 aromatic heterocycles. The van der Waals surface area contributed by atoms with E-state index in [9.17, 15) is 9.59 Å². The highest BCUT2D eigenvalue weighted by Gasteiger charge is 2.43. The minimum atomic E-state index is -2.11. The minimum Gasteiger partial charge on any atom is -0.493 e. The Hall–Kier alpha value is -1.84. The largest absolute Gasteiger partial charge is 0.493 e. The first-order chi connectivity index (χ1) is 17.0. The van der Waals surface area contributed by atoms with Crippen LogP contribution in [-0.2, 0) is 9.16 Å². The van der Waals surface area contributed by atoms with E-state index in [0.717, 1.165) is 24.7 Å². The maximum absolute atomic E-state index is 12.5. The van der Waals surface area contributed by atoms with Crippen LogP contribution in [0.2, 0.25) is 18.1 Å². The third-order valence-electron chi connectivity index (χ3n) is 6.94. The van der Waals surface area contributed by atoms with Crippen molar-refractivity contribution in [2.45, 2.75) is 96.7 Å². The summed E-state index contributed by atoms with van der Waals surface area (Å²) < 4.78 is 25.2. The SMILES string of the molecule is COc1ccc(C=O)c(Br)c1O[C@H]1C(CCN(C)C(=O)OC(C)(C)C)=CCC[C@@H]1O[Si](C)(C)C(C)(C)C. The van der Waals surface area contributed by atoms with Gasteiger partial charge in [-0.2, -0.15) is 0 Å². The molecular formula is C28H44BrNO6Si. The highest BCUT2D eigenvalue weighted by molar-refractivity contribution is 9.10. The highest BCUT2D eigenvalue weighted by atomic mass is 79.9. The Labute approximate surface area is 232 Å². The standard InChI is InChI=1S/C28H44BrNO6Si/c1-27(2,3)35-26(32)30(7)17-16-19-12-11-13-22(36-37(9,10)28(4,5)6)24(19)34-25-21(33-8)15-14-20(18-31)23(25)29/h12,14-15,18,22,24H,11,13,16-17H2,1-10H3/t22-,24-/m0/s1. The second kappa shape index (κ2) is 12.3. The smallest absolute Gasteiger partial charge is 0.410 e. The first-order valence-corrected chi connectivity index (χ1v) is 16.5. The second-order valence-electron chi connectivity index (χ2n) is 12.1. The van der Waals surface area contributed by atoms with Gasteiger partial charge in [-0.3, -0.25) is 4.79 Å². The van der Waals surface area contributed by atoms with Gasteiger partial charge in [-0.05, 0) is 91.8 Å². The van der Waals surface area contributed by atoms with Gasteiger partial charge < -0.3 is 23.5 Å². The van der Waals surface area contributed by atoms with Crippen molar-refractivity contribution in [3.63, 3.8) is 0 Å². The van der Waals surface area contributed by atoms with Crippen LogP contribution >= 0.6 is 15.9 Å². The van der Waals surface area contributed by atoms with Gasteiger partial charge in [0.05, 0.1) is 17.7 Å². The van der Waals surface area contributed by atoms with E-state index >= 15 is 0 Å². The van der Waals surface area contributed by atoms with Crippen LogP contribution in [0.25, 0.3) is 0 Å². The molecule has 0 N–H and O–H groups in total. The summed E-state index contributed by atoms with van der Waals surface area (Å²) in [7, 11) is 1.20. The molecular weight excluding hydrogens is 554 g/mol. The number of carbonyl (C=O) groups excluding carboxylic acids is 2. The van der Waals surface area contributed by atoms with Crippen molar-refractivity contribution in [2.75, 3.05) is 20.7 Å². The fourth-order valence-corrected chi connectivity index (χ4v) is 5.65. The number of hydrogen-bond acceptors (Lipinski definition) is 6. The summed E-state index contributed by atoms with van der Waals surface area (Å²) >= 11 is 3.54. The predicted octanol–water partition coefficient (Wildman–Crippen LogP) is 7.39. The van der Waals surface area contributed by atoms with Crippen molar-refractivity contribution in [2.24, 2.45) is 0 Å². The molecule has 0 heterocycles. The quantitative estimate of drug-likeness (QED) is 0.168. The molecule has 0 spiro atoms. The third kappa shape index (κ3) is 8.32. The summed E-state index contributed by atoms with van der Waals surface area (Å²) in [5.41, 5.74) is 0.967. The van der Waals surface area contributed by atoms with Crippen LogP contribution < -0.4 is 9.47 Å². The van der Waals surface area contributed by atoms with Crippen molar-refractivity contribution < 1.29 is 28.2 Å². The van der Waals surface area contributed by atoms with Crippen molar-refractivity contribution >= 4 is 36.6 Å². The van der Waals surface area contributed by atoms with E-state index < -0.39 is 20.0 Å². The van der Waals surface area contributed by atoms with Crippen LogP contribution in [0.4, 0.5) is 4.79 Å². The molecule has 1 aliphatic rings. The van der Waals surface area contributed by atoms with Crippen LogP contribution in [0, 0.1) is 0 Å². The van der Waals surface area contributed by atoms with E-state index in [0.29, 0.717) is 34.5 Å². The lowest BCUT2D eigenvalue weighted by Gasteiger charge is -2.43. The number of ether oxygens (including phenoxy) is 3. The zero-order valence-electron chi connectivity index (χ0n) is 24.1. The molecule has 2 rings (SSSR count). The number of benzene rings is 1. The van der Waals surface area contributed by atoms with Gasteiger partial charge in [0.2, 0.25) is 0 Å². The Morgan fingerprint density at radius 2 is 1.84 bits per heavy atom. The molecule has 0 fully saturated rings. The average Bonchev–Trinajstić information content (AvgIpc) is 2.77. The number of amides is 1. The van der Waals surface area contributed by atoms with Gasteiger partial charge in [0, 0.05) is 19.2 Å². The van der Waals surface area contributed by atoms with Gasteiger partial charge in [-0.15, -0.1) is 0 Å². The van der Waals surface area contributed by atoms with Crippen molar-refractivity contribution in [1.29, 1.82) is 0 Å². The summed E-state index contributed by atoms with van der Waals surface area (Å²) in [4.78, 5) is 25.8. The monoisotopic (exact) mass is 597 g/mol. The lowest BCUT2D eigenvalue weighted by Crippen LogP contribution is -2.50. The molecule has 9 heteroatoms. The molecule has 0 unspecified atom stereocenters. The van der Waals surface area contributed by atoms with Gasteiger partial charge in [0.15, 0.2) is 26.1 Å². The number of nitrogens with zero attached hydrogens (tertiary/aromatic N) is 1. The molecule has 0 radical (unpaired) electrons. The van der Waals surface area contributed by atoms with Crippen LogP contribution in [0.3, 0.4) is 0 Å². The van der Waals surface area contributed by atoms with Gasteiger partial charge in [-0.1, -0.05) is 26.8 Å². The van der Waals surface area contributed by atoms with E-state index in [2.05, 4.69) is 55.9 Å². The maximum Gasteiger partial charge on any atom is 0.410 e. The van der Waals surface area contributed by atoms with E-state index in [4.69, 9.17) is 18.6 Å². The number of rotatable bonds is 9. The molecule has 7 nitrogen and oxygen atoms in total. The van der Waals surface area contributed by atoms with E-state index in [1.807, 2.05) is 20.8 Å². The van der Waals surface area contributed by atoms with Gasteiger partial charge in [-0.25, -0.2) is 4.79 Å². The Morgan fingerprint density at radius 1 is 1.19 bits per heavy atom. The molecule has 0 saturated carbocycles. The van der Waals surface area contributed by atoms with Crippen molar-refractivity contribution in [1.82, 2.24) is 4.90 Å². The van der Waals surface area contributed by atoms with E-state index in [1.54, 1.807) is 31.2 Å². The molecule has 0 bridgehead atoms. The highest BCUT2D eigenvalue weighted by Crippen LogP contribution is 2.43. The molecule has 1 amide bonds. The summed E-state index contributed by atoms with van der Waals surface area (Å²) in [5, 5.41) is 0.0332. The average molecular weight is 599 g/mol. The zero-order valence-corrected chi connectivity index (χ0v) is 26.7. The Morgan fingerprint density at radius 3 is 2.38 bits per heavy atom. The van der Waals surface area contributed by atoms with Crippen LogP contribution in [0.1, 0.15) is 71.2 Å². The zero-order chi connectivity index (χ0) is 28.2. The number of allylic oxidation sites excluding steroid dienone is 1. The number of methoxy groups -OCH3 is 1. The number of aldehydes is 1. The molecule has 1 aromatic rings. The number of carbonyl (C=O) groups is 2. The van der Waals surface area contributed by atoms with Gasteiger partial charge >= 0.3 is 6.09 Å². The second-order valence-corrected chi connectivity index (χ2v) is 17.6. The molecule has 1 aromatic carbocycles. The van der Waals surface area contributed by atoms with E-state index in [-0.39, 0.29) is 17.2 Å². The third-order valence-corrected chi connectivity index (χ3v) is 12.3. The maximum atomic E-state index is 12.5. The van der Waals surface area contributed by atoms with E-state index in [1.165, 1.54) is 0 Å². The van der Waals surface area contributed by atoms with Crippen LogP contribution in [0.15, 0.2) is 28.3 Å². The molecule has 208 valence electrons. The van der Waals surface area contributed by atoms with Crippen molar-refractivity contribution in [3.05, 3.63) is 33.8 Å². The fourth-order valence-electron chi connectivity index (χ4n) is 3.78. The van der Waals surface area contributed by atoms with Gasteiger partial charge in [0.25, 0.3) is 0 Å². The summed E-state index contributed by atoms with van der Waals surface area (Å²) in [6, 6.07) is 3.43. The Kier molecular flexibility index (Phi) is 10.5. The summed E-state index contributed by atoms with van der Waals surface area (Å²) in [5.74, 6) is 0.994.